The molecule has 0 aliphatic carbocycles. The lowest BCUT2D eigenvalue weighted by Crippen LogP contribution is -2.50. The molecule has 0 radical (unpaired) electrons. The summed E-state index contributed by atoms with van der Waals surface area (Å²) in [6.45, 7) is 5.50. The van der Waals surface area contributed by atoms with E-state index in [1.807, 2.05) is 31.2 Å². The quantitative estimate of drug-likeness (QED) is 0.742. The minimum atomic E-state index is -0.469. The normalized spacial score (nSPS) is 17.8. The molecule has 3 N–H and O–H groups in total. The Bertz CT molecular complexity index is 577. The number of nitrogens with one attached hydrogen (secondary N) is 3. The van der Waals surface area contributed by atoms with Crippen LogP contribution < -0.4 is 16.0 Å². The number of rotatable bonds is 6. The van der Waals surface area contributed by atoms with Gasteiger partial charge in [0.25, 0.3) is 0 Å². The molecule has 1 unspecified atom stereocenters. The van der Waals surface area contributed by atoms with Crippen molar-refractivity contribution in [2.45, 2.75) is 32.7 Å². The predicted molar refractivity (Wildman–Crippen MR) is 93.7 cm³/mol. The molecule has 1 aliphatic rings. The van der Waals surface area contributed by atoms with E-state index in [9.17, 15) is 9.59 Å². The third kappa shape index (κ3) is 4.55. The Morgan fingerprint density at radius 1 is 1.33 bits per heavy atom. The first-order chi connectivity index (χ1) is 11.5. The Morgan fingerprint density at radius 2 is 2.04 bits per heavy atom. The van der Waals surface area contributed by atoms with Crippen molar-refractivity contribution < 1.29 is 14.3 Å². The zero-order valence-electron chi connectivity index (χ0n) is 14.6. The summed E-state index contributed by atoms with van der Waals surface area (Å²) < 4.78 is 5.32. The molecular formula is C18H27N3O3. The van der Waals surface area contributed by atoms with Gasteiger partial charge in [0.1, 0.15) is 0 Å². The number of hydrogen-bond acceptors (Lipinski definition) is 4. The highest BCUT2D eigenvalue weighted by molar-refractivity contribution is 5.88. The highest BCUT2D eigenvalue weighted by atomic mass is 16.5. The predicted octanol–water partition coefficient (Wildman–Crippen LogP) is 1.84. The number of carbonyl (C=O) groups is 2. The monoisotopic (exact) mass is 333 g/mol. The van der Waals surface area contributed by atoms with Crippen LogP contribution in [0.3, 0.4) is 0 Å². The molecule has 24 heavy (non-hydrogen) atoms. The Labute approximate surface area is 143 Å². The van der Waals surface area contributed by atoms with Gasteiger partial charge in [-0.25, -0.2) is 0 Å². The molecule has 6 heteroatoms. The van der Waals surface area contributed by atoms with Gasteiger partial charge in [-0.3, -0.25) is 9.59 Å². The fourth-order valence-corrected chi connectivity index (χ4v) is 3.14. The molecule has 1 fully saturated rings. The fourth-order valence-electron chi connectivity index (χ4n) is 3.14. The molecule has 1 aromatic rings. The SMILES string of the molecule is COCC1(C(=O)NC(C)c2cccc(NC(C)=O)c2)CCNCC1. The van der Waals surface area contributed by atoms with E-state index in [0.717, 1.165) is 37.2 Å². The molecule has 1 saturated heterocycles. The van der Waals surface area contributed by atoms with E-state index in [2.05, 4.69) is 16.0 Å². The van der Waals surface area contributed by atoms with Crippen molar-refractivity contribution in [1.29, 1.82) is 0 Å². The van der Waals surface area contributed by atoms with Gasteiger partial charge in [0.05, 0.1) is 18.1 Å². The molecule has 2 amide bonds. The second-order valence-corrected chi connectivity index (χ2v) is 6.47. The first-order valence-electron chi connectivity index (χ1n) is 8.35. The summed E-state index contributed by atoms with van der Waals surface area (Å²) in [7, 11) is 1.64. The molecule has 1 heterocycles. The minimum absolute atomic E-state index is 0.0308. The molecule has 2 rings (SSSR count). The number of piperidine rings is 1. The van der Waals surface area contributed by atoms with Gasteiger partial charge in [-0.15, -0.1) is 0 Å². The summed E-state index contributed by atoms with van der Waals surface area (Å²) in [5.74, 6) is -0.0825. The van der Waals surface area contributed by atoms with Gasteiger partial charge in [-0.05, 0) is 50.6 Å². The standard InChI is InChI=1S/C18H27N3O3/c1-13(15-5-4-6-16(11-15)21-14(2)22)20-17(23)18(12-24-3)7-9-19-10-8-18/h4-6,11,13,19H,7-10,12H2,1-3H3,(H,20,23)(H,21,22). The van der Waals surface area contributed by atoms with Crippen LogP contribution >= 0.6 is 0 Å². The molecule has 132 valence electrons. The van der Waals surface area contributed by atoms with Crippen molar-refractivity contribution in [3.05, 3.63) is 29.8 Å². The van der Waals surface area contributed by atoms with Crippen LogP contribution in [-0.4, -0.2) is 38.6 Å². The van der Waals surface area contributed by atoms with Crippen molar-refractivity contribution >= 4 is 17.5 Å². The smallest absolute Gasteiger partial charge is 0.229 e. The van der Waals surface area contributed by atoms with E-state index in [1.54, 1.807) is 7.11 Å². The maximum Gasteiger partial charge on any atom is 0.229 e. The summed E-state index contributed by atoms with van der Waals surface area (Å²) >= 11 is 0. The lowest BCUT2D eigenvalue weighted by molar-refractivity contribution is -0.136. The van der Waals surface area contributed by atoms with Crippen molar-refractivity contribution in [1.82, 2.24) is 10.6 Å². The number of methoxy groups -OCH3 is 1. The topological polar surface area (TPSA) is 79.5 Å². The van der Waals surface area contributed by atoms with Crippen LogP contribution in [0.15, 0.2) is 24.3 Å². The second-order valence-electron chi connectivity index (χ2n) is 6.47. The van der Waals surface area contributed by atoms with Gasteiger partial charge < -0.3 is 20.7 Å². The van der Waals surface area contributed by atoms with E-state index in [-0.39, 0.29) is 17.9 Å². The maximum atomic E-state index is 12.9. The zero-order valence-corrected chi connectivity index (χ0v) is 14.6. The van der Waals surface area contributed by atoms with Crippen molar-refractivity contribution in [3.63, 3.8) is 0 Å². The summed E-state index contributed by atoms with van der Waals surface area (Å²) in [4.78, 5) is 24.1. The van der Waals surface area contributed by atoms with E-state index < -0.39 is 5.41 Å². The summed E-state index contributed by atoms with van der Waals surface area (Å²) in [5.41, 5.74) is 1.22. The number of carbonyl (C=O) groups excluding carboxylic acids is 2. The van der Waals surface area contributed by atoms with Crippen LogP contribution in [0, 0.1) is 5.41 Å². The zero-order chi connectivity index (χ0) is 17.6. The average Bonchev–Trinajstić information content (AvgIpc) is 2.55. The third-order valence-electron chi connectivity index (χ3n) is 4.52. The number of benzene rings is 1. The van der Waals surface area contributed by atoms with Crippen LogP contribution in [0.2, 0.25) is 0 Å². The Hall–Kier alpha value is -1.92. The van der Waals surface area contributed by atoms with Gasteiger partial charge in [-0.2, -0.15) is 0 Å². The molecule has 0 aromatic heterocycles. The largest absolute Gasteiger partial charge is 0.384 e. The van der Waals surface area contributed by atoms with Gasteiger partial charge >= 0.3 is 0 Å². The third-order valence-corrected chi connectivity index (χ3v) is 4.52. The number of anilines is 1. The fraction of sp³-hybridized carbons (Fsp3) is 0.556. The Balaban J connectivity index is 2.08. The Morgan fingerprint density at radius 3 is 2.67 bits per heavy atom. The van der Waals surface area contributed by atoms with E-state index >= 15 is 0 Å². The highest BCUT2D eigenvalue weighted by Crippen LogP contribution is 2.30. The summed E-state index contributed by atoms with van der Waals surface area (Å²) in [6.07, 6.45) is 1.54. The summed E-state index contributed by atoms with van der Waals surface area (Å²) in [6, 6.07) is 7.39. The summed E-state index contributed by atoms with van der Waals surface area (Å²) in [5, 5.41) is 9.16. The molecule has 0 saturated carbocycles. The molecular weight excluding hydrogens is 306 g/mol. The van der Waals surface area contributed by atoms with Crippen LogP contribution in [0.25, 0.3) is 0 Å². The van der Waals surface area contributed by atoms with Crippen molar-refractivity contribution in [3.8, 4) is 0 Å². The lowest BCUT2D eigenvalue weighted by Gasteiger charge is -2.36. The number of ether oxygens (including phenoxy) is 1. The number of amides is 2. The van der Waals surface area contributed by atoms with Gasteiger partial charge in [0, 0.05) is 19.7 Å². The molecule has 0 spiro atoms. The number of hydrogen-bond donors (Lipinski definition) is 3. The van der Waals surface area contributed by atoms with Crippen LogP contribution in [0.1, 0.15) is 38.3 Å². The average molecular weight is 333 g/mol. The minimum Gasteiger partial charge on any atom is -0.384 e. The van der Waals surface area contributed by atoms with E-state index in [0.29, 0.717) is 6.61 Å². The molecule has 1 aromatic carbocycles. The van der Waals surface area contributed by atoms with E-state index in [1.165, 1.54) is 6.92 Å². The molecule has 1 atom stereocenters. The van der Waals surface area contributed by atoms with Gasteiger partial charge in [0.2, 0.25) is 11.8 Å². The first-order valence-corrected chi connectivity index (χ1v) is 8.35. The van der Waals surface area contributed by atoms with Gasteiger partial charge in [0.15, 0.2) is 0 Å². The first kappa shape index (κ1) is 18.4. The second kappa shape index (κ2) is 8.26. The van der Waals surface area contributed by atoms with Crippen LogP contribution in [0.5, 0.6) is 0 Å². The highest BCUT2D eigenvalue weighted by Gasteiger charge is 2.40. The van der Waals surface area contributed by atoms with Gasteiger partial charge in [-0.1, -0.05) is 12.1 Å². The van der Waals surface area contributed by atoms with E-state index in [4.69, 9.17) is 4.74 Å². The molecule has 1 aliphatic heterocycles. The van der Waals surface area contributed by atoms with Crippen LogP contribution in [0.4, 0.5) is 5.69 Å². The van der Waals surface area contributed by atoms with Crippen molar-refractivity contribution in [2.75, 3.05) is 32.1 Å². The van der Waals surface area contributed by atoms with Crippen molar-refractivity contribution in [2.24, 2.45) is 5.41 Å². The lowest BCUT2D eigenvalue weighted by atomic mass is 9.78. The molecule has 0 bridgehead atoms. The maximum absolute atomic E-state index is 12.9. The molecule has 6 nitrogen and oxygen atoms in total. The van der Waals surface area contributed by atoms with Crippen LogP contribution in [-0.2, 0) is 14.3 Å². The Kier molecular flexibility index (Phi) is 6.34.